The molecular formula is C37H46N4O4S2. The predicted molar refractivity (Wildman–Crippen MR) is 186 cm³/mol. The zero-order chi connectivity index (χ0) is 33.0. The molecule has 10 heteroatoms. The molecule has 250 valence electrons. The van der Waals surface area contributed by atoms with Crippen LogP contribution in [-0.4, -0.2) is 66.6 Å². The van der Waals surface area contributed by atoms with Crippen molar-refractivity contribution < 1.29 is 18.0 Å². The fraction of sp³-hybridized carbons (Fsp3) is 0.514. The number of rotatable bonds is 7. The highest BCUT2D eigenvalue weighted by molar-refractivity contribution is 7.89. The summed E-state index contributed by atoms with van der Waals surface area (Å²) in [6.07, 6.45) is 6.64. The average Bonchev–Trinajstić information content (AvgIpc) is 3.53. The Hall–Kier alpha value is -3.05. The number of nitrogens with zero attached hydrogens (tertiary/aromatic N) is 3. The van der Waals surface area contributed by atoms with Gasteiger partial charge in [-0.2, -0.15) is 4.31 Å². The van der Waals surface area contributed by atoms with E-state index in [4.69, 9.17) is 0 Å². The van der Waals surface area contributed by atoms with Gasteiger partial charge in [0.1, 0.15) is 5.00 Å². The van der Waals surface area contributed by atoms with E-state index in [1.807, 2.05) is 11.0 Å². The van der Waals surface area contributed by atoms with Gasteiger partial charge in [0.25, 0.3) is 11.8 Å². The summed E-state index contributed by atoms with van der Waals surface area (Å²) in [6.45, 7) is 11.1. The fourth-order valence-electron chi connectivity index (χ4n) is 8.78. The van der Waals surface area contributed by atoms with Gasteiger partial charge in [0.05, 0.1) is 10.5 Å². The maximum atomic E-state index is 14.0. The summed E-state index contributed by atoms with van der Waals surface area (Å²) in [7, 11) is -3.69. The Balaban J connectivity index is 1.11. The first-order chi connectivity index (χ1) is 22.4. The van der Waals surface area contributed by atoms with Gasteiger partial charge in [-0.05, 0) is 91.2 Å². The minimum absolute atomic E-state index is 0.000987. The third-order valence-electron chi connectivity index (χ3n) is 10.6. The number of carbonyl (C=O) groups is 2. The number of amides is 2. The van der Waals surface area contributed by atoms with Crippen LogP contribution in [0.1, 0.15) is 96.0 Å². The van der Waals surface area contributed by atoms with E-state index in [0.717, 1.165) is 88.1 Å². The standard InChI is InChI=1S/C37H46N4O4S2/c1-36(2)20-28-21-37(3,24-36)25-41(28)47(44,45)29-14-12-27(13-15-29)33(42)38-34-32(35(43)40-17-8-5-9-18-40)30-16-19-39(23-31(30)46-34)22-26-10-6-4-7-11-26/h4,6-7,10-15,28H,5,8-9,16-25H2,1-3H3,(H,38,42). The van der Waals surface area contributed by atoms with Gasteiger partial charge in [-0.1, -0.05) is 51.1 Å². The minimum atomic E-state index is -3.69. The molecule has 2 aromatic carbocycles. The Kier molecular flexibility index (Phi) is 8.60. The zero-order valence-electron chi connectivity index (χ0n) is 27.8. The topological polar surface area (TPSA) is 90.0 Å². The van der Waals surface area contributed by atoms with E-state index in [1.165, 1.54) is 16.9 Å². The number of anilines is 1. The highest BCUT2D eigenvalue weighted by Crippen LogP contribution is 2.53. The molecule has 3 aliphatic heterocycles. The van der Waals surface area contributed by atoms with Crippen molar-refractivity contribution in [3.63, 3.8) is 0 Å². The normalized spacial score (nSPS) is 24.6. The van der Waals surface area contributed by atoms with Crippen molar-refractivity contribution in [2.75, 3.05) is 31.5 Å². The lowest BCUT2D eigenvalue weighted by molar-refractivity contribution is 0.0724. The Bertz CT molecular complexity index is 1760. The fourth-order valence-corrected chi connectivity index (χ4v) is 11.8. The maximum Gasteiger partial charge on any atom is 0.257 e. The van der Waals surface area contributed by atoms with Gasteiger partial charge in [0.15, 0.2) is 0 Å². The number of piperidine rings is 1. The summed E-state index contributed by atoms with van der Waals surface area (Å²) in [5, 5.41) is 3.67. The molecule has 2 unspecified atom stereocenters. The number of benzene rings is 2. The van der Waals surface area contributed by atoms with Gasteiger partial charge in [-0.3, -0.25) is 14.5 Å². The van der Waals surface area contributed by atoms with Crippen LogP contribution in [0.4, 0.5) is 5.00 Å². The molecule has 4 heterocycles. The summed E-state index contributed by atoms with van der Waals surface area (Å²) in [4.78, 5) is 33.3. The molecule has 2 saturated heterocycles. The molecule has 8 nitrogen and oxygen atoms in total. The molecule has 4 aliphatic rings. The minimum Gasteiger partial charge on any atom is -0.339 e. The molecule has 1 N–H and O–H groups in total. The molecule has 2 amide bonds. The van der Waals surface area contributed by atoms with Gasteiger partial charge in [0, 0.05) is 55.8 Å². The van der Waals surface area contributed by atoms with Crippen molar-refractivity contribution in [2.45, 2.75) is 89.7 Å². The van der Waals surface area contributed by atoms with Crippen molar-refractivity contribution in [1.29, 1.82) is 0 Å². The summed E-state index contributed by atoms with van der Waals surface area (Å²) in [5.74, 6) is -0.337. The molecule has 1 aromatic heterocycles. The molecule has 47 heavy (non-hydrogen) atoms. The molecule has 2 bridgehead atoms. The van der Waals surface area contributed by atoms with Crippen LogP contribution in [0.5, 0.6) is 0 Å². The van der Waals surface area contributed by atoms with Crippen LogP contribution < -0.4 is 5.32 Å². The quantitative estimate of drug-likeness (QED) is 0.299. The van der Waals surface area contributed by atoms with E-state index in [0.29, 0.717) is 22.7 Å². The van der Waals surface area contributed by atoms with Gasteiger partial charge < -0.3 is 10.2 Å². The molecule has 0 radical (unpaired) electrons. The summed E-state index contributed by atoms with van der Waals surface area (Å²) < 4.78 is 29.3. The number of sulfonamides is 1. The monoisotopic (exact) mass is 674 g/mol. The number of carbonyl (C=O) groups excluding carboxylic acids is 2. The smallest absolute Gasteiger partial charge is 0.257 e. The van der Waals surface area contributed by atoms with E-state index in [-0.39, 0.29) is 33.6 Å². The second-order valence-corrected chi connectivity index (χ2v) is 18.2. The number of likely N-dealkylation sites (tertiary alicyclic amines) is 1. The zero-order valence-corrected chi connectivity index (χ0v) is 29.4. The Morgan fingerprint density at radius 1 is 0.936 bits per heavy atom. The Morgan fingerprint density at radius 3 is 2.38 bits per heavy atom. The molecule has 3 aromatic rings. The van der Waals surface area contributed by atoms with Crippen LogP contribution in [0.2, 0.25) is 0 Å². The van der Waals surface area contributed by atoms with E-state index >= 15 is 0 Å². The second kappa shape index (κ2) is 12.4. The van der Waals surface area contributed by atoms with Crippen LogP contribution in [0.3, 0.4) is 0 Å². The largest absolute Gasteiger partial charge is 0.339 e. The van der Waals surface area contributed by atoms with Gasteiger partial charge in [-0.25, -0.2) is 8.42 Å². The third kappa shape index (κ3) is 6.54. The van der Waals surface area contributed by atoms with E-state index in [9.17, 15) is 18.0 Å². The highest BCUT2D eigenvalue weighted by Gasteiger charge is 2.53. The molecule has 0 spiro atoms. The Morgan fingerprint density at radius 2 is 1.66 bits per heavy atom. The lowest BCUT2D eigenvalue weighted by Gasteiger charge is -2.39. The van der Waals surface area contributed by atoms with E-state index < -0.39 is 10.0 Å². The number of hydrogen-bond acceptors (Lipinski definition) is 6. The van der Waals surface area contributed by atoms with Gasteiger partial charge in [-0.15, -0.1) is 11.3 Å². The van der Waals surface area contributed by atoms with Crippen molar-refractivity contribution in [3.8, 4) is 0 Å². The van der Waals surface area contributed by atoms with Crippen molar-refractivity contribution in [2.24, 2.45) is 10.8 Å². The molecule has 3 fully saturated rings. The van der Waals surface area contributed by atoms with Gasteiger partial charge in [0.2, 0.25) is 10.0 Å². The first-order valence-corrected chi connectivity index (χ1v) is 19.3. The summed E-state index contributed by atoms with van der Waals surface area (Å²) in [6, 6.07) is 16.7. The molecule has 7 rings (SSSR count). The predicted octanol–water partition coefficient (Wildman–Crippen LogP) is 6.77. The molecular weight excluding hydrogens is 629 g/mol. The first-order valence-electron chi connectivity index (χ1n) is 17.0. The summed E-state index contributed by atoms with van der Waals surface area (Å²) >= 11 is 1.50. The van der Waals surface area contributed by atoms with Crippen LogP contribution in [0.15, 0.2) is 59.5 Å². The molecule has 1 saturated carbocycles. The highest BCUT2D eigenvalue weighted by atomic mass is 32.2. The lowest BCUT2D eigenvalue weighted by Crippen LogP contribution is -2.37. The number of thiophene rings is 1. The molecule has 1 aliphatic carbocycles. The third-order valence-corrected chi connectivity index (χ3v) is 13.6. The number of fused-ring (bicyclic) bond motifs is 3. The van der Waals surface area contributed by atoms with E-state index in [2.05, 4.69) is 55.3 Å². The van der Waals surface area contributed by atoms with Crippen LogP contribution in [-0.2, 0) is 29.5 Å². The van der Waals surface area contributed by atoms with Crippen LogP contribution in [0.25, 0.3) is 0 Å². The van der Waals surface area contributed by atoms with E-state index in [1.54, 1.807) is 28.6 Å². The average molecular weight is 675 g/mol. The Labute approximate surface area is 283 Å². The lowest BCUT2D eigenvalue weighted by atomic mass is 9.65. The van der Waals surface area contributed by atoms with Crippen LogP contribution in [0, 0.1) is 10.8 Å². The van der Waals surface area contributed by atoms with Crippen molar-refractivity contribution in [3.05, 3.63) is 81.7 Å². The second-order valence-electron chi connectivity index (χ2n) is 15.2. The first kappa shape index (κ1) is 32.5. The van der Waals surface area contributed by atoms with Gasteiger partial charge >= 0.3 is 0 Å². The number of nitrogens with one attached hydrogen (secondary N) is 1. The maximum absolute atomic E-state index is 14.0. The number of hydrogen-bond donors (Lipinski definition) is 1. The van der Waals surface area contributed by atoms with Crippen molar-refractivity contribution in [1.82, 2.24) is 14.1 Å². The summed E-state index contributed by atoms with van der Waals surface area (Å²) in [5.41, 5.74) is 3.41. The SMILES string of the molecule is CC1(C)CC2CC(C)(CN2S(=O)(=O)c2ccc(C(=O)Nc3sc4c(c3C(=O)N3CCCCC3)CCN(Cc3ccccc3)C4)cc2)C1. The van der Waals surface area contributed by atoms with Crippen molar-refractivity contribution >= 4 is 38.2 Å². The van der Waals surface area contributed by atoms with Crippen LogP contribution >= 0.6 is 11.3 Å². The molecule has 2 atom stereocenters.